The first-order valence-electron chi connectivity index (χ1n) is 8.04. The summed E-state index contributed by atoms with van der Waals surface area (Å²) in [6, 6.07) is 6.82. The third-order valence-corrected chi connectivity index (χ3v) is 4.45. The van der Waals surface area contributed by atoms with E-state index in [9.17, 15) is 4.79 Å². The number of para-hydroxylation sites is 1. The van der Waals surface area contributed by atoms with Crippen molar-refractivity contribution in [1.29, 1.82) is 0 Å². The minimum Gasteiger partial charge on any atom is -0.364 e. The Labute approximate surface area is 168 Å². The Morgan fingerprint density at radius 2 is 2.00 bits per heavy atom. The van der Waals surface area contributed by atoms with E-state index in [4.69, 9.17) is 33.5 Å². The molecule has 0 aliphatic carbocycles. The third kappa shape index (κ3) is 3.57. The van der Waals surface area contributed by atoms with Gasteiger partial charge in [0, 0.05) is 12.3 Å². The smallest absolute Gasteiger partial charge is 0.271 e. The summed E-state index contributed by atoms with van der Waals surface area (Å²) in [4.78, 5) is 11.8. The fourth-order valence-corrected chi connectivity index (χ4v) is 3.20. The standard InChI is InChI=1S/C17H13Cl2N7O2/c18-12-2-1-3-13(19)16(12)26-9-14(15(23-26)17(20)27)22-11-6-21-25(8-11)7-10-4-5-28-24-10/h1-6,8-9,22H,7H2,(H2,20,27). The van der Waals surface area contributed by atoms with Crippen LogP contribution in [0.2, 0.25) is 10.0 Å². The molecule has 0 saturated carbocycles. The van der Waals surface area contributed by atoms with Crippen molar-refractivity contribution in [2.45, 2.75) is 6.54 Å². The number of aromatic nitrogens is 5. The number of primary amides is 1. The first-order valence-corrected chi connectivity index (χ1v) is 8.79. The van der Waals surface area contributed by atoms with E-state index in [-0.39, 0.29) is 5.69 Å². The molecule has 4 aromatic rings. The Balaban J connectivity index is 1.64. The molecule has 0 spiro atoms. The summed E-state index contributed by atoms with van der Waals surface area (Å²) in [6.07, 6.45) is 6.43. The van der Waals surface area contributed by atoms with E-state index in [0.717, 1.165) is 5.69 Å². The van der Waals surface area contributed by atoms with Crippen molar-refractivity contribution >= 4 is 40.5 Å². The monoisotopic (exact) mass is 417 g/mol. The first kappa shape index (κ1) is 18.1. The lowest BCUT2D eigenvalue weighted by Gasteiger charge is -2.06. The highest BCUT2D eigenvalue weighted by Crippen LogP contribution is 2.30. The molecule has 3 aromatic heterocycles. The number of nitrogens with zero attached hydrogens (tertiary/aromatic N) is 5. The number of carbonyl (C=O) groups excluding carboxylic acids is 1. The summed E-state index contributed by atoms with van der Waals surface area (Å²) in [5, 5.41) is 16.2. The number of rotatable bonds is 6. The zero-order valence-corrected chi connectivity index (χ0v) is 15.7. The minimum absolute atomic E-state index is 0.0419. The maximum Gasteiger partial charge on any atom is 0.271 e. The fraction of sp³-hybridized carbons (Fsp3) is 0.0588. The van der Waals surface area contributed by atoms with Gasteiger partial charge < -0.3 is 15.6 Å². The molecule has 3 N–H and O–H groups in total. The van der Waals surface area contributed by atoms with Gasteiger partial charge in [0.2, 0.25) is 0 Å². The van der Waals surface area contributed by atoms with Gasteiger partial charge in [-0.05, 0) is 12.1 Å². The highest BCUT2D eigenvalue weighted by molar-refractivity contribution is 6.37. The average molecular weight is 418 g/mol. The number of carbonyl (C=O) groups is 1. The summed E-state index contributed by atoms with van der Waals surface area (Å²) in [5.74, 6) is -0.695. The van der Waals surface area contributed by atoms with Gasteiger partial charge in [0.25, 0.3) is 5.91 Å². The van der Waals surface area contributed by atoms with Crippen LogP contribution in [0.3, 0.4) is 0 Å². The highest BCUT2D eigenvalue weighted by atomic mass is 35.5. The van der Waals surface area contributed by atoms with Crippen molar-refractivity contribution in [2.24, 2.45) is 5.73 Å². The Kier molecular flexibility index (Phi) is 4.76. The number of hydrogen-bond donors (Lipinski definition) is 2. The van der Waals surface area contributed by atoms with Crippen LogP contribution in [0.15, 0.2) is 53.6 Å². The summed E-state index contributed by atoms with van der Waals surface area (Å²) in [5.41, 5.74) is 7.72. The fourth-order valence-electron chi connectivity index (χ4n) is 2.62. The van der Waals surface area contributed by atoms with E-state index in [1.165, 1.54) is 10.9 Å². The number of anilines is 2. The molecule has 28 heavy (non-hydrogen) atoms. The van der Waals surface area contributed by atoms with Crippen molar-refractivity contribution < 1.29 is 9.32 Å². The topological polar surface area (TPSA) is 117 Å². The Morgan fingerprint density at radius 3 is 2.68 bits per heavy atom. The third-order valence-electron chi connectivity index (χ3n) is 3.84. The maximum atomic E-state index is 11.8. The van der Waals surface area contributed by atoms with Gasteiger partial charge in [-0.1, -0.05) is 34.4 Å². The van der Waals surface area contributed by atoms with Crippen LogP contribution < -0.4 is 11.1 Å². The average Bonchev–Trinajstić information content (AvgIpc) is 3.38. The molecule has 0 atom stereocenters. The summed E-state index contributed by atoms with van der Waals surface area (Å²) >= 11 is 12.5. The highest BCUT2D eigenvalue weighted by Gasteiger charge is 2.18. The molecule has 0 saturated heterocycles. The SMILES string of the molecule is NC(=O)c1nn(-c2c(Cl)cccc2Cl)cc1Nc1cnn(Cc2ccon2)c1. The number of nitrogens with one attached hydrogen (secondary N) is 1. The van der Waals surface area contributed by atoms with Crippen LogP contribution in [0, 0.1) is 0 Å². The summed E-state index contributed by atoms with van der Waals surface area (Å²) < 4.78 is 7.88. The maximum absolute atomic E-state index is 11.8. The van der Waals surface area contributed by atoms with Crippen LogP contribution in [0.25, 0.3) is 5.69 Å². The molecular weight excluding hydrogens is 405 g/mol. The molecule has 0 aliphatic heterocycles. The predicted molar refractivity (Wildman–Crippen MR) is 103 cm³/mol. The van der Waals surface area contributed by atoms with E-state index in [0.29, 0.717) is 33.7 Å². The van der Waals surface area contributed by atoms with Gasteiger partial charge in [-0.2, -0.15) is 10.2 Å². The molecule has 0 fully saturated rings. The van der Waals surface area contributed by atoms with Crippen LogP contribution in [-0.2, 0) is 6.54 Å². The van der Waals surface area contributed by atoms with Crippen LogP contribution in [0.5, 0.6) is 0 Å². The van der Waals surface area contributed by atoms with E-state index >= 15 is 0 Å². The molecular formula is C17H13Cl2N7O2. The van der Waals surface area contributed by atoms with Gasteiger partial charge in [0.05, 0.1) is 40.4 Å². The number of nitrogens with two attached hydrogens (primary N) is 1. The van der Waals surface area contributed by atoms with E-state index in [1.807, 2.05) is 0 Å². The van der Waals surface area contributed by atoms with Crippen molar-refractivity contribution in [3.8, 4) is 5.69 Å². The second-order valence-corrected chi connectivity index (χ2v) is 6.63. The van der Waals surface area contributed by atoms with Gasteiger partial charge in [0.15, 0.2) is 5.69 Å². The van der Waals surface area contributed by atoms with Gasteiger partial charge in [-0.3, -0.25) is 9.48 Å². The van der Waals surface area contributed by atoms with Crippen LogP contribution in [0.1, 0.15) is 16.2 Å². The summed E-state index contributed by atoms with van der Waals surface area (Å²) in [7, 11) is 0. The van der Waals surface area contributed by atoms with E-state index in [2.05, 4.69) is 20.7 Å². The zero-order valence-electron chi connectivity index (χ0n) is 14.2. The molecule has 0 bridgehead atoms. The number of amides is 1. The number of hydrogen-bond acceptors (Lipinski definition) is 6. The quantitative estimate of drug-likeness (QED) is 0.497. The molecule has 4 rings (SSSR count). The lowest BCUT2D eigenvalue weighted by atomic mass is 10.3. The molecule has 9 nitrogen and oxygen atoms in total. The normalized spacial score (nSPS) is 10.9. The molecule has 0 unspecified atom stereocenters. The van der Waals surface area contributed by atoms with Crippen molar-refractivity contribution in [2.75, 3.05) is 5.32 Å². The molecule has 1 aromatic carbocycles. The molecule has 11 heteroatoms. The predicted octanol–water partition coefficient (Wildman–Crippen LogP) is 3.25. The minimum atomic E-state index is -0.695. The molecule has 0 radical (unpaired) electrons. The summed E-state index contributed by atoms with van der Waals surface area (Å²) in [6.45, 7) is 0.440. The van der Waals surface area contributed by atoms with Crippen molar-refractivity contribution in [3.05, 3.63) is 70.6 Å². The van der Waals surface area contributed by atoms with Gasteiger partial charge in [0.1, 0.15) is 17.6 Å². The molecule has 1 amide bonds. The second-order valence-electron chi connectivity index (χ2n) is 5.81. The lowest BCUT2D eigenvalue weighted by Crippen LogP contribution is -2.14. The van der Waals surface area contributed by atoms with Crippen LogP contribution >= 0.6 is 23.2 Å². The Morgan fingerprint density at radius 1 is 1.21 bits per heavy atom. The van der Waals surface area contributed by atoms with Gasteiger partial charge in [-0.15, -0.1) is 0 Å². The van der Waals surface area contributed by atoms with Crippen LogP contribution in [0.4, 0.5) is 11.4 Å². The van der Waals surface area contributed by atoms with Crippen molar-refractivity contribution in [1.82, 2.24) is 24.7 Å². The second kappa shape index (κ2) is 7.37. The van der Waals surface area contributed by atoms with Crippen molar-refractivity contribution in [3.63, 3.8) is 0 Å². The number of benzene rings is 1. The van der Waals surface area contributed by atoms with E-state index < -0.39 is 5.91 Å². The van der Waals surface area contributed by atoms with Crippen LogP contribution in [-0.4, -0.2) is 30.6 Å². The van der Waals surface area contributed by atoms with Gasteiger partial charge in [-0.25, -0.2) is 4.68 Å². The molecule has 0 aliphatic rings. The largest absolute Gasteiger partial charge is 0.364 e. The lowest BCUT2D eigenvalue weighted by molar-refractivity contribution is 0.0996. The van der Waals surface area contributed by atoms with Gasteiger partial charge >= 0.3 is 0 Å². The van der Waals surface area contributed by atoms with E-state index in [1.54, 1.807) is 47.5 Å². The number of halogens is 2. The molecule has 142 valence electrons. The Hall–Kier alpha value is -3.30. The zero-order chi connectivity index (χ0) is 19.7. The Bertz CT molecular complexity index is 1110. The molecule has 3 heterocycles. The first-order chi connectivity index (χ1) is 13.5.